The topological polar surface area (TPSA) is 120 Å². The van der Waals surface area contributed by atoms with Crippen LogP contribution < -0.4 is 20.7 Å². The van der Waals surface area contributed by atoms with Crippen LogP contribution >= 0.6 is 0 Å². The van der Waals surface area contributed by atoms with E-state index in [1.165, 1.54) is 35.3 Å². The summed E-state index contributed by atoms with van der Waals surface area (Å²) in [5.74, 6) is -2.71. The van der Waals surface area contributed by atoms with Gasteiger partial charge >= 0.3 is 11.7 Å². The first-order valence-corrected chi connectivity index (χ1v) is 9.31. The molecule has 0 N–H and O–H groups in total. The lowest BCUT2D eigenvalue weighted by molar-refractivity contribution is -0.164. The number of likely N-dealkylation sites (N-methyl/N-ethyl adjacent to an activating group) is 2. The van der Waals surface area contributed by atoms with Gasteiger partial charge in [-0.2, -0.15) is 0 Å². The molecule has 1 atom stereocenters. The third kappa shape index (κ3) is 2.43. The van der Waals surface area contributed by atoms with E-state index in [0.717, 1.165) is 18.9 Å². The van der Waals surface area contributed by atoms with Crippen LogP contribution in [0.3, 0.4) is 0 Å². The molecule has 11 heteroatoms. The molecule has 1 spiro atoms. The van der Waals surface area contributed by atoms with Crippen molar-refractivity contribution in [3.63, 3.8) is 0 Å². The summed E-state index contributed by atoms with van der Waals surface area (Å²) in [5, 5.41) is 0. The number of nitrogens with zero attached hydrogens (tertiary/aromatic N) is 4. The summed E-state index contributed by atoms with van der Waals surface area (Å²) in [6.45, 7) is 0. The second-order valence-corrected chi connectivity index (χ2v) is 7.48. The molecule has 2 aromatic rings. The number of hydrogen-bond donors (Lipinski definition) is 0. The molecule has 1 saturated heterocycles. The van der Waals surface area contributed by atoms with Crippen molar-refractivity contribution in [2.24, 2.45) is 14.1 Å². The number of rotatable bonds is 2. The molecule has 4 rings (SSSR count). The van der Waals surface area contributed by atoms with Crippen molar-refractivity contribution in [2.45, 2.75) is 11.5 Å². The average molecular weight is 428 g/mol. The predicted molar refractivity (Wildman–Crippen MR) is 106 cm³/mol. The molecule has 1 aromatic heterocycles. The summed E-state index contributed by atoms with van der Waals surface area (Å²) in [7, 11) is 6.61. The van der Waals surface area contributed by atoms with Gasteiger partial charge in [-0.05, 0) is 17.7 Å². The van der Waals surface area contributed by atoms with Gasteiger partial charge < -0.3 is 9.47 Å². The van der Waals surface area contributed by atoms with Gasteiger partial charge in [-0.25, -0.2) is 9.59 Å². The molecule has 1 unspecified atom stereocenters. The number of benzene rings is 1. The van der Waals surface area contributed by atoms with Gasteiger partial charge in [0.1, 0.15) is 5.75 Å². The van der Waals surface area contributed by atoms with E-state index >= 15 is 0 Å². The molecule has 0 radical (unpaired) electrons. The molecule has 31 heavy (non-hydrogen) atoms. The fraction of sp³-hybridized carbons (Fsp3) is 0.350. The van der Waals surface area contributed by atoms with Gasteiger partial charge in [-0.3, -0.25) is 33.3 Å². The molecule has 0 bridgehead atoms. The summed E-state index contributed by atoms with van der Waals surface area (Å²) in [6.07, 6.45) is 0. The SMILES string of the molecule is COc1ccc(C2c3c(n(C)c(=O)n(C)c3=O)OC23C(=O)N(C)C(=O)N(C)C3=O)cc1. The number of urea groups is 1. The van der Waals surface area contributed by atoms with Gasteiger partial charge in [0.15, 0.2) is 0 Å². The Balaban J connectivity index is 2.09. The number of imide groups is 2. The summed E-state index contributed by atoms with van der Waals surface area (Å²) in [4.78, 5) is 66.3. The van der Waals surface area contributed by atoms with Crippen LogP contribution in [0.15, 0.2) is 33.9 Å². The van der Waals surface area contributed by atoms with Gasteiger partial charge in [0.2, 0.25) is 5.88 Å². The monoisotopic (exact) mass is 428 g/mol. The van der Waals surface area contributed by atoms with E-state index in [-0.39, 0.29) is 11.4 Å². The van der Waals surface area contributed by atoms with Crippen LogP contribution in [-0.4, -0.2) is 63.6 Å². The van der Waals surface area contributed by atoms with Crippen molar-refractivity contribution in [1.82, 2.24) is 18.9 Å². The summed E-state index contributed by atoms with van der Waals surface area (Å²) < 4.78 is 13.0. The minimum absolute atomic E-state index is 0.0207. The van der Waals surface area contributed by atoms with Crippen molar-refractivity contribution in [3.05, 3.63) is 56.2 Å². The highest BCUT2D eigenvalue weighted by Gasteiger charge is 2.68. The minimum Gasteiger partial charge on any atom is -0.497 e. The summed E-state index contributed by atoms with van der Waals surface area (Å²) in [5.41, 5.74) is -3.24. The number of carbonyl (C=O) groups is 3. The molecule has 1 aromatic carbocycles. The lowest BCUT2D eigenvalue weighted by Crippen LogP contribution is -2.70. The first-order valence-electron chi connectivity index (χ1n) is 9.31. The van der Waals surface area contributed by atoms with Crippen LogP contribution in [0.5, 0.6) is 11.6 Å². The molecule has 11 nitrogen and oxygen atoms in total. The minimum atomic E-state index is -2.26. The van der Waals surface area contributed by atoms with Gasteiger partial charge in [0.05, 0.1) is 18.6 Å². The Morgan fingerprint density at radius 1 is 0.871 bits per heavy atom. The van der Waals surface area contributed by atoms with Gasteiger partial charge in [-0.15, -0.1) is 0 Å². The third-order valence-electron chi connectivity index (χ3n) is 5.86. The molecule has 4 amide bonds. The summed E-state index contributed by atoms with van der Waals surface area (Å²) in [6, 6.07) is 5.61. The first-order chi connectivity index (χ1) is 14.6. The Kier molecular flexibility index (Phi) is 4.31. The zero-order chi connectivity index (χ0) is 22.8. The van der Waals surface area contributed by atoms with Crippen LogP contribution in [0, 0.1) is 0 Å². The Morgan fingerprint density at radius 3 is 1.94 bits per heavy atom. The average Bonchev–Trinajstić information content (AvgIpc) is 3.15. The fourth-order valence-electron chi connectivity index (χ4n) is 4.16. The van der Waals surface area contributed by atoms with Gasteiger partial charge in [0, 0.05) is 28.2 Å². The normalized spacial score (nSPS) is 19.6. The Bertz CT molecular complexity index is 1230. The molecule has 1 fully saturated rings. The molecule has 2 aliphatic heterocycles. The molecule has 0 saturated carbocycles. The van der Waals surface area contributed by atoms with E-state index in [1.807, 2.05) is 0 Å². The number of methoxy groups -OCH3 is 1. The first kappa shape index (κ1) is 20.4. The number of hydrogen-bond acceptors (Lipinski definition) is 7. The van der Waals surface area contributed by atoms with Crippen molar-refractivity contribution >= 4 is 17.8 Å². The van der Waals surface area contributed by atoms with E-state index in [1.54, 1.807) is 24.3 Å². The largest absolute Gasteiger partial charge is 0.497 e. The Morgan fingerprint density at radius 2 is 1.42 bits per heavy atom. The number of barbiturate groups is 1. The van der Waals surface area contributed by atoms with E-state index in [0.29, 0.717) is 11.3 Å². The Hall–Kier alpha value is -3.89. The second-order valence-electron chi connectivity index (χ2n) is 7.48. The van der Waals surface area contributed by atoms with Crippen molar-refractivity contribution in [2.75, 3.05) is 21.2 Å². The number of fused-ring (bicyclic) bond motifs is 1. The van der Waals surface area contributed by atoms with Crippen LogP contribution in [-0.2, 0) is 23.7 Å². The van der Waals surface area contributed by atoms with Crippen molar-refractivity contribution < 1.29 is 23.9 Å². The number of amides is 4. The number of ether oxygens (including phenoxy) is 2. The number of aromatic nitrogens is 2. The van der Waals surface area contributed by atoms with E-state index < -0.39 is 40.6 Å². The summed E-state index contributed by atoms with van der Waals surface area (Å²) >= 11 is 0. The highest BCUT2D eigenvalue weighted by molar-refractivity contribution is 6.22. The predicted octanol–water partition coefficient (Wildman–Crippen LogP) is -0.594. The zero-order valence-corrected chi connectivity index (χ0v) is 17.5. The highest BCUT2D eigenvalue weighted by atomic mass is 16.5. The molecular formula is C20H20N4O7. The lowest BCUT2D eigenvalue weighted by atomic mass is 9.77. The van der Waals surface area contributed by atoms with Crippen LogP contribution in [0.2, 0.25) is 0 Å². The number of carbonyl (C=O) groups excluding carboxylic acids is 3. The maximum atomic E-state index is 13.4. The molecular weight excluding hydrogens is 408 g/mol. The third-order valence-corrected chi connectivity index (χ3v) is 5.86. The second kappa shape index (κ2) is 6.56. The fourth-order valence-corrected chi connectivity index (χ4v) is 4.16. The Labute approximate surface area is 176 Å². The van der Waals surface area contributed by atoms with Crippen LogP contribution in [0.25, 0.3) is 0 Å². The van der Waals surface area contributed by atoms with Crippen molar-refractivity contribution in [3.8, 4) is 11.6 Å². The van der Waals surface area contributed by atoms with Gasteiger partial charge in [0.25, 0.3) is 23.0 Å². The highest BCUT2D eigenvalue weighted by Crippen LogP contribution is 2.49. The van der Waals surface area contributed by atoms with Crippen LogP contribution in [0.1, 0.15) is 17.0 Å². The maximum Gasteiger partial charge on any atom is 0.333 e. The van der Waals surface area contributed by atoms with E-state index in [9.17, 15) is 24.0 Å². The molecule has 2 aliphatic rings. The standard InChI is InChI=1S/C20H20N4O7/c1-21-14(25)12-13(10-6-8-11(30-5)9-7-10)20(31-15(12)22(2)18(21)28)16(26)23(3)19(29)24(4)17(20)27/h6-9,13H,1-5H3. The van der Waals surface area contributed by atoms with Gasteiger partial charge in [-0.1, -0.05) is 12.1 Å². The maximum absolute atomic E-state index is 13.4. The van der Waals surface area contributed by atoms with Crippen molar-refractivity contribution in [1.29, 1.82) is 0 Å². The lowest BCUT2D eigenvalue weighted by Gasteiger charge is -2.41. The van der Waals surface area contributed by atoms with E-state index in [2.05, 4.69) is 0 Å². The molecule has 3 heterocycles. The molecule has 162 valence electrons. The smallest absolute Gasteiger partial charge is 0.333 e. The van der Waals surface area contributed by atoms with E-state index in [4.69, 9.17) is 9.47 Å². The quantitative estimate of drug-likeness (QED) is 0.586. The molecule has 0 aliphatic carbocycles. The zero-order valence-electron chi connectivity index (χ0n) is 17.5. The van der Waals surface area contributed by atoms with Crippen LogP contribution in [0.4, 0.5) is 4.79 Å².